The van der Waals surface area contributed by atoms with E-state index in [2.05, 4.69) is 47.8 Å². The van der Waals surface area contributed by atoms with Crippen LogP contribution in [0.15, 0.2) is 60.8 Å². The zero-order valence-electron chi connectivity index (χ0n) is 25.9. The molecule has 4 aromatic rings. The normalized spacial score (nSPS) is 17.4. The topological polar surface area (TPSA) is 131 Å². The van der Waals surface area contributed by atoms with Crippen LogP contribution >= 0.6 is 0 Å². The van der Waals surface area contributed by atoms with Gasteiger partial charge in [-0.2, -0.15) is 5.10 Å². The minimum atomic E-state index is -0.500. The minimum Gasteiger partial charge on any atom is -0.447 e. The monoisotopic (exact) mass is 611 g/mol. The Balaban J connectivity index is 1.17. The number of aromatic amines is 1. The van der Waals surface area contributed by atoms with Crippen molar-refractivity contribution in [2.75, 3.05) is 73.3 Å². The molecule has 2 aliphatic heterocycles. The largest absolute Gasteiger partial charge is 0.447 e. The first-order valence-electron chi connectivity index (χ1n) is 15.7. The van der Waals surface area contributed by atoms with E-state index in [0.717, 1.165) is 74.3 Å². The molecule has 2 amide bonds. The highest BCUT2D eigenvalue weighted by atomic mass is 16.5. The van der Waals surface area contributed by atoms with Crippen molar-refractivity contribution >= 4 is 51.6 Å². The van der Waals surface area contributed by atoms with Gasteiger partial charge in [-0.1, -0.05) is 24.6 Å². The highest BCUT2D eigenvalue weighted by Gasteiger charge is 2.30. The summed E-state index contributed by atoms with van der Waals surface area (Å²) in [4.78, 5) is 37.6. The lowest BCUT2D eigenvalue weighted by molar-refractivity contribution is -0.117. The Bertz CT molecular complexity index is 1620. The summed E-state index contributed by atoms with van der Waals surface area (Å²) >= 11 is 0. The van der Waals surface area contributed by atoms with Crippen LogP contribution in [0.2, 0.25) is 0 Å². The lowest BCUT2D eigenvalue weighted by Crippen LogP contribution is -2.48. The number of pyridine rings is 1. The first-order valence-corrected chi connectivity index (χ1v) is 15.7. The molecule has 4 N–H and O–H groups in total. The molecule has 45 heavy (non-hydrogen) atoms. The van der Waals surface area contributed by atoms with E-state index in [-0.39, 0.29) is 18.6 Å². The fourth-order valence-corrected chi connectivity index (χ4v) is 5.91. The van der Waals surface area contributed by atoms with E-state index >= 15 is 0 Å². The number of nitrogens with one attached hydrogen (secondary N) is 4. The van der Waals surface area contributed by atoms with Crippen molar-refractivity contribution in [3.05, 3.63) is 66.4 Å². The molecule has 4 heterocycles. The summed E-state index contributed by atoms with van der Waals surface area (Å²) in [6.45, 7) is 10.1. The molecule has 0 spiro atoms. The summed E-state index contributed by atoms with van der Waals surface area (Å²) in [5.74, 6) is 1.22. The van der Waals surface area contributed by atoms with Crippen LogP contribution in [0.25, 0.3) is 10.9 Å². The number of aromatic nitrogens is 3. The first-order chi connectivity index (χ1) is 21.9. The van der Waals surface area contributed by atoms with Gasteiger partial charge < -0.3 is 25.2 Å². The zero-order valence-corrected chi connectivity index (χ0v) is 25.9. The van der Waals surface area contributed by atoms with Gasteiger partial charge in [-0.3, -0.25) is 20.1 Å². The third-order valence-electron chi connectivity index (χ3n) is 8.50. The minimum absolute atomic E-state index is 0.0708. The van der Waals surface area contributed by atoms with Crippen LogP contribution in [-0.2, 0) is 9.53 Å². The molecule has 0 unspecified atom stereocenters. The van der Waals surface area contributed by atoms with Crippen LogP contribution in [0.4, 0.5) is 33.5 Å². The molecule has 236 valence electrons. The molecule has 2 fully saturated rings. The van der Waals surface area contributed by atoms with Crippen LogP contribution in [0.3, 0.4) is 0 Å². The van der Waals surface area contributed by atoms with Gasteiger partial charge in [0.2, 0.25) is 5.91 Å². The fourth-order valence-electron chi connectivity index (χ4n) is 5.91. The Morgan fingerprint density at radius 1 is 0.956 bits per heavy atom. The van der Waals surface area contributed by atoms with E-state index in [1.807, 2.05) is 61.5 Å². The summed E-state index contributed by atoms with van der Waals surface area (Å²) in [5.41, 5.74) is 4.26. The van der Waals surface area contributed by atoms with Gasteiger partial charge in [0.1, 0.15) is 12.4 Å². The molecule has 2 aromatic carbocycles. The Morgan fingerprint density at radius 2 is 1.73 bits per heavy atom. The predicted octanol–water partition coefficient (Wildman–Crippen LogP) is 4.80. The predicted molar refractivity (Wildman–Crippen MR) is 177 cm³/mol. The molecule has 0 bridgehead atoms. The number of benzene rings is 2. The number of likely N-dealkylation sites (N-methyl/N-ethyl adjacent to an activating group) is 1. The van der Waals surface area contributed by atoms with Crippen LogP contribution < -0.4 is 20.9 Å². The van der Waals surface area contributed by atoms with Gasteiger partial charge in [-0.25, -0.2) is 9.78 Å². The van der Waals surface area contributed by atoms with E-state index in [1.165, 1.54) is 0 Å². The van der Waals surface area contributed by atoms with Gasteiger partial charge in [-0.05, 0) is 68.8 Å². The first kappa shape index (κ1) is 30.4. The fraction of sp³-hybridized carbons (Fsp3) is 0.394. The average molecular weight is 612 g/mol. The summed E-state index contributed by atoms with van der Waals surface area (Å²) < 4.78 is 5.67. The third-order valence-corrected chi connectivity index (χ3v) is 8.50. The third kappa shape index (κ3) is 7.70. The lowest BCUT2D eigenvalue weighted by Gasteiger charge is -2.33. The SMILES string of the molecule is CCN1CCN(CC(=O)Nc2ccc(Nc3ccc4[nH]ncc4c3)nc2N2CCC[C@H]2COC(=O)Nc2ccc(C)cc2)CC1. The summed E-state index contributed by atoms with van der Waals surface area (Å²) in [6, 6.07) is 17.2. The van der Waals surface area contributed by atoms with Crippen molar-refractivity contribution in [1.29, 1.82) is 0 Å². The number of hydrogen-bond acceptors (Lipinski definition) is 9. The molecule has 2 aromatic heterocycles. The molecule has 6 rings (SSSR count). The number of carbonyl (C=O) groups is 2. The quantitative estimate of drug-likeness (QED) is 0.200. The van der Waals surface area contributed by atoms with E-state index in [4.69, 9.17) is 9.72 Å². The average Bonchev–Trinajstić information content (AvgIpc) is 3.72. The molecule has 12 heteroatoms. The highest BCUT2D eigenvalue weighted by molar-refractivity contribution is 5.95. The maximum atomic E-state index is 13.3. The summed E-state index contributed by atoms with van der Waals surface area (Å²) in [6.07, 6.45) is 3.03. The molecule has 2 saturated heterocycles. The van der Waals surface area contributed by atoms with E-state index in [1.54, 1.807) is 6.20 Å². The molecule has 1 atom stereocenters. The maximum absolute atomic E-state index is 13.3. The number of aryl methyl sites for hydroxylation is 1. The second-order valence-corrected chi connectivity index (χ2v) is 11.7. The highest BCUT2D eigenvalue weighted by Crippen LogP contribution is 2.33. The molecular formula is C33H41N9O3. The van der Waals surface area contributed by atoms with Gasteiger partial charge in [0, 0.05) is 49.5 Å². The second kappa shape index (κ2) is 14.0. The van der Waals surface area contributed by atoms with Crippen LogP contribution in [-0.4, -0.2) is 95.4 Å². The number of amides is 2. The van der Waals surface area contributed by atoms with Gasteiger partial charge in [0.15, 0.2) is 5.82 Å². The van der Waals surface area contributed by atoms with E-state index < -0.39 is 6.09 Å². The van der Waals surface area contributed by atoms with Crippen molar-refractivity contribution in [3.63, 3.8) is 0 Å². The van der Waals surface area contributed by atoms with Gasteiger partial charge in [-0.15, -0.1) is 0 Å². The maximum Gasteiger partial charge on any atom is 0.411 e. The Hall–Kier alpha value is -4.68. The van der Waals surface area contributed by atoms with E-state index in [9.17, 15) is 9.59 Å². The van der Waals surface area contributed by atoms with Crippen molar-refractivity contribution in [1.82, 2.24) is 25.0 Å². The Kier molecular flexibility index (Phi) is 9.41. The zero-order chi connectivity index (χ0) is 31.2. The van der Waals surface area contributed by atoms with Crippen LogP contribution in [0.5, 0.6) is 0 Å². The number of ether oxygens (including phenoxy) is 1. The number of hydrogen-bond donors (Lipinski definition) is 4. The molecule has 12 nitrogen and oxygen atoms in total. The Morgan fingerprint density at radius 3 is 2.53 bits per heavy atom. The number of nitrogens with zero attached hydrogens (tertiary/aromatic N) is 5. The number of H-pyrrole nitrogens is 1. The van der Waals surface area contributed by atoms with Gasteiger partial charge >= 0.3 is 6.09 Å². The van der Waals surface area contributed by atoms with Crippen molar-refractivity contribution in [3.8, 4) is 0 Å². The molecule has 0 saturated carbocycles. The summed E-state index contributed by atoms with van der Waals surface area (Å²) in [5, 5.41) is 17.4. The number of anilines is 5. The van der Waals surface area contributed by atoms with Crippen LogP contribution in [0, 0.1) is 6.92 Å². The number of carbonyl (C=O) groups excluding carboxylic acids is 2. The second-order valence-electron chi connectivity index (χ2n) is 11.7. The molecular weight excluding hydrogens is 570 g/mol. The van der Waals surface area contributed by atoms with Crippen molar-refractivity contribution < 1.29 is 14.3 Å². The lowest BCUT2D eigenvalue weighted by atomic mass is 10.2. The Labute approximate surface area is 263 Å². The summed E-state index contributed by atoms with van der Waals surface area (Å²) in [7, 11) is 0. The number of fused-ring (bicyclic) bond motifs is 1. The standard InChI is InChI=1S/C33H41N9O3/c1-3-40-15-17-41(18-16-40)21-31(43)37-29-12-13-30(35-26-10-11-28-24(19-26)20-34-39-28)38-32(29)42-14-4-5-27(42)22-45-33(44)36-25-8-6-23(2)7-9-25/h6-13,19-20,27H,3-5,14-18,21-22H2,1-2H3,(H,34,39)(H,35,38)(H,36,44)(H,37,43)/t27-/m0/s1. The van der Waals surface area contributed by atoms with E-state index in [0.29, 0.717) is 29.6 Å². The van der Waals surface area contributed by atoms with Gasteiger partial charge in [0.25, 0.3) is 0 Å². The van der Waals surface area contributed by atoms with Gasteiger partial charge in [0.05, 0.1) is 30.0 Å². The van der Waals surface area contributed by atoms with Crippen LogP contribution in [0.1, 0.15) is 25.3 Å². The van der Waals surface area contributed by atoms with Crippen molar-refractivity contribution in [2.24, 2.45) is 0 Å². The number of rotatable bonds is 10. The molecule has 0 aliphatic carbocycles. The molecule has 2 aliphatic rings. The molecule has 0 radical (unpaired) electrons. The number of piperazine rings is 1. The van der Waals surface area contributed by atoms with Crippen molar-refractivity contribution in [2.45, 2.75) is 32.7 Å². The smallest absolute Gasteiger partial charge is 0.411 e.